The smallest absolute Gasteiger partial charge is 0.375 e. The van der Waals surface area contributed by atoms with E-state index < -0.39 is 6.04 Å². The largest absolute Gasteiger partial charge is 0.464 e. The summed E-state index contributed by atoms with van der Waals surface area (Å²) in [5.41, 5.74) is 4.06. The van der Waals surface area contributed by atoms with Crippen molar-refractivity contribution in [3.63, 3.8) is 0 Å². The van der Waals surface area contributed by atoms with Gasteiger partial charge >= 0.3 is 5.97 Å². The van der Waals surface area contributed by atoms with Crippen molar-refractivity contribution in [3.8, 4) is 22.4 Å². The number of benzene rings is 3. The first-order valence-corrected chi connectivity index (χ1v) is 9.84. The van der Waals surface area contributed by atoms with Crippen LogP contribution in [0.1, 0.15) is 13.0 Å². The second-order valence-corrected chi connectivity index (χ2v) is 7.36. The SMILES string of the molecule is COC(=O)[C@H](C)[n+]1cc2ccc(Cl)cc2c(-c2ccccc2)c1-c1ccccc1. The highest BCUT2D eigenvalue weighted by atomic mass is 35.5. The summed E-state index contributed by atoms with van der Waals surface area (Å²) in [4.78, 5) is 12.5. The van der Waals surface area contributed by atoms with Crippen LogP contribution in [0.3, 0.4) is 0 Å². The second kappa shape index (κ2) is 8.06. The molecule has 0 bridgehead atoms. The highest BCUT2D eigenvalue weighted by molar-refractivity contribution is 6.31. The fourth-order valence-electron chi connectivity index (χ4n) is 3.70. The van der Waals surface area contributed by atoms with Crippen LogP contribution in [0.25, 0.3) is 33.2 Å². The van der Waals surface area contributed by atoms with Crippen LogP contribution >= 0.6 is 11.6 Å². The average molecular weight is 403 g/mol. The molecule has 0 saturated heterocycles. The molecule has 0 N–H and O–H groups in total. The molecule has 4 aromatic rings. The third-order valence-corrected chi connectivity index (χ3v) is 5.36. The highest BCUT2D eigenvalue weighted by Crippen LogP contribution is 2.37. The van der Waals surface area contributed by atoms with Gasteiger partial charge in [0.25, 0.3) is 6.04 Å². The number of esters is 1. The van der Waals surface area contributed by atoms with Crippen molar-refractivity contribution >= 4 is 28.3 Å². The van der Waals surface area contributed by atoms with E-state index in [1.165, 1.54) is 7.11 Å². The maximum absolute atomic E-state index is 12.5. The van der Waals surface area contributed by atoms with Crippen LogP contribution in [0.4, 0.5) is 0 Å². The molecular formula is C25H21ClNO2+. The summed E-state index contributed by atoms with van der Waals surface area (Å²) >= 11 is 6.37. The Labute approximate surface area is 175 Å². The molecular weight excluding hydrogens is 382 g/mol. The first kappa shape index (κ1) is 19.2. The molecule has 1 heterocycles. The standard InChI is InChI=1S/C25H21ClNO2/c1-17(25(28)29-2)27-16-20-13-14-21(26)15-22(20)23(18-9-5-3-6-10-18)24(27)19-11-7-4-8-12-19/h3-17H,1-2H3/q+1/t17-/m0/s1. The monoisotopic (exact) mass is 402 g/mol. The number of halogens is 1. The summed E-state index contributed by atoms with van der Waals surface area (Å²) in [5, 5.41) is 2.71. The topological polar surface area (TPSA) is 30.2 Å². The van der Waals surface area contributed by atoms with Gasteiger partial charge < -0.3 is 4.74 Å². The van der Waals surface area contributed by atoms with E-state index in [0.717, 1.165) is 33.2 Å². The normalized spacial score (nSPS) is 12.0. The lowest BCUT2D eigenvalue weighted by molar-refractivity contribution is -0.695. The summed E-state index contributed by atoms with van der Waals surface area (Å²) in [6, 6.07) is 25.6. The molecule has 3 aromatic carbocycles. The van der Waals surface area contributed by atoms with E-state index in [1.54, 1.807) is 0 Å². The summed E-state index contributed by atoms with van der Waals surface area (Å²) in [5.74, 6) is -0.292. The fourth-order valence-corrected chi connectivity index (χ4v) is 3.88. The van der Waals surface area contributed by atoms with E-state index in [0.29, 0.717) is 5.02 Å². The van der Waals surface area contributed by atoms with E-state index in [4.69, 9.17) is 16.3 Å². The van der Waals surface area contributed by atoms with Crippen molar-refractivity contribution in [1.82, 2.24) is 0 Å². The van der Waals surface area contributed by atoms with Crippen molar-refractivity contribution in [1.29, 1.82) is 0 Å². The van der Waals surface area contributed by atoms with Crippen molar-refractivity contribution in [2.45, 2.75) is 13.0 Å². The van der Waals surface area contributed by atoms with Gasteiger partial charge in [0.2, 0.25) is 5.69 Å². The first-order chi connectivity index (χ1) is 14.1. The van der Waals surface area contributed by atoms with Gasteiger partial charge in [-0.2, -0.15) is 4.57 Å². The zero-order valence-electron chi connectivity index (χ0n) is 16.3. The molecule has 0 aliphatic rings. The van der Waals surface area contributed by atoms with Crippen molar-refractivity contribution in [3.05, 3.63) is 90.1 Å². The molecule has 4 rings (SSSR count). The molecule has 1 atom stereocenters. The molecule has 0 fully saturated rings. The number of fused-ring (bicyclic) bond motifs is 1. The number of ether oxygens (including phenoxy) is 1. The van der Waals surface area contributed by atoms with Crippen molar-refractivity contribution in [2.75, 3.05) is 7.11 Å². The molecule has 0 aliphatic carbocycles. The third-order valence-electron chi connectivity index (χ3n) is 5.13. The number of carbonyl (C=O) groups excluding carboxylic acids is 1. The lowest BCUT2D eigenvalue weighted by atomic mass is 9.93. The fraction of sp³-hybridized carbons (Fsp3) is 0.120. The van der Waals surface area contributed by atoms with Crippen LogP contribution in [0, 0.1) is 0 Å². The summed E-state index contributed by atoms with van der Waals surface area (Å²) in [6.45, 7) is 1.86. The lowest BCUT2D eigenvalue weighted by Gasteiger charge is -2.16. The molecule has 0 saturated carbocycles. The van der Waals surface area contributed by atoms with E-state index in [2.05, 4.69) is 24.3 Å². The number of methoxy groups -OCH3 is 1. The quantitative estimate of drug-likeness (QED) is 0.316. The number of hydrogen-bond donors (Lipinski definition) is 0. The van der Waals surface area contributed by atoms with Gasteiger partial charge in [-0.05, 0) is 35.9 Å². The van der Waals surface area contributed by atoms with Gasteiger partial charge in [-0.25, -0.2) is 4.79 Å². The maximum atomic E-state index is 12.5. The van der Waals surface area contributed by atoms with Gasteiger partial charge in [0.1, 0.15) is 0 Å². The first-order valence-electron chi connectivity index (χ1n) is 9.46. The highest BCUT2D eigenvalue weighted by Gasteiger charge is 2.31. The number of hydrogen-bond acceptors (Lipinski definition) is 2. The van der Waals surface area contributed by atoms with Gasteiger partial charge in [-0.3, -0.25) is 0 Å². The molecule has 0 unspecified atom stereocenters. The Bertz CT molecular complexity index is 1170. The Kier molecular flexibility index (Phi) is 5.32. The van der Waals surface area contributed by atoms with Crippen LogP contribution < -0.4 is 4.57 Å². The Morgan fingerprint density at radius 2 is 1.55 bits per heavy atom. The minimum Gasteiger partial charge on any atom is -0.464 e. The lowest BCUT2D eigenvalue weighted by Crippen LogP contribution is -2.45. The minimum absolute atomic E-state index is 0.292. The molecule has 0 radical (unpaired) electrons. The van der Waals surface area contributed by atoms with Crippen LogP contribution in [-0.2, 0) is 9.53 Å². The van der Waals surface area contributed by atoms with Crippen molar-refractivity contribution < 1.29 is 14.1 Å². The van der Waals surface area contributed by atoms with Gasteiger partial charge in [0, 0.05) is 28.3 Å². The number of pyridine rings is 1. The van der Waals surface area contributed by atoms with E-state index in [1.807, 2.05) is 72.3 Å². The Morgan fingerprint density at radius 3 is 2.17 bits per heavy atom. The zero-order chi connectivity index (χ0) is 20.4. The molecule has 1 aromatic heterocycles. The summed E-state index contributed by atoms with van der Waals surface area (Å²) in [7, 11) is 1.42. The number of nitrogens with zero attached hydrogens (tertiary/aromatic N) is 1. The molecule has 0 amide bonds. The predicted molar refractivity (Wildman–Crippen MR) is 117 cm³/mol. The second-order valence-electron chi connectivity index (χ2n) is 6.92. The number of rotatable bonds is 4. The van der Waals surface area contributed by atoms with Gasteiger partial charge in [-0.15, -0.1) is 0 Å². The van der Waals surface area contributed by atoms with E-state index >= 15 is 0 Å². The molecule has 144 valence electrons. The van der Waals surface area contributed by atoms with Crippen LogP contribution in [0.5, 0.6) is 0 Å². The Balaban J connectivity index is 2.18. The van der Waals surface area contributed by atoms with E-state index in [-0.39, 0.29) is 5.97 Å². The van der Waals surface area contributed by atoms with Gasteiger partial charge in [0.05, 0.1) is 12.7 Å². The van der Waals surface area contributed by atoms with Crippen LogP contribution in [0.2, 0.25) is 5.02 Å². The summed E-state index contributed by atoms with van der Waals surface area (Å²) < 4.78 is 7.05. The van der Waals surface area contributed by atoms with Gasteiger partial charge in [0.15, 0.2) is 6.20 Å². The van der Waals surface area contributed by atoms with Crippen LogP contribution in [0.15, 0.2) is 85.1 Å². The number of carbonyl (C=O) groups is 1. The average Bonchev–Trinajstić information content (AvgIpc) is 2.78. The zero-order valence-corrected chi connectivity index (χ0v) is 17.1. The molecule has 4 heteroatoms. The third kappa shape index (κ3) is 3.62. The molecule has 29 heavy (non-hydrogen) atoms. The van der Waals surface area contributed by atoms with E-state index in [9.17, 15) is 4.79 Å². The maximum Gasteiger partial charge on any atom is 0.375 e. The predicted octanol–water partition coefficient (Wildman–Crippen LogP) is 5.85. The molecule has 0 spiro atoms. The van der Waals surface area contributed by atoms with Crippen LogP contribution in [-0.4, -0.2) is 13.1 Å². The Hall–Kier alpha value is -3.17. The molecule has 0 aliphatic heterocycles. The van der Waals surface area contributed by atoms with Crippen molar-refractivity contribution in [2.24, 2.45) is 0 Å². The van der Waals surface area contributed by atoms with Gasteiger partial charge in [-0.1, -0.05) is 60.1 Å². The number of aromatic nitrogens is 1. The Morgan fingerprint density at radius 1 is 0.931 bits per heavy atom. The minimum atomic E-state index is -0.488. The summed E-state index contributed by atoms with van der Waals surface area (Å²) in [6.07, 6.45) is 2.00. The molecule has 3 nitrogen and oxygen atoms in total.